The molecular weight excluding hydrogens is 470 g/mol. The summed E-state index contributed by atoms with van der Waals surface area (Å²) in [4.78, 5) is 49.6. The molecule has 4 aliphatic rings. The zero-order chi connectivity index (χ0) is 25.7. The lowest BCUT2D eigenvalue weighted by Gasteiger charge is -2.63. The molecule has 4 saturated carbocycles. The number of ketones is 1. The van der Waals surface area contributed by atoms with Gasteiger partial charge in [-0.05, 0) is 61.5 Å². The van der Waals surface area contributed by atoms with Gasteiger partial charge in [0.1, 0.15) is 22.8 Å². The lowest BCUT2D eigenvalue weighted by molar-refractivity contribution is -0.151. The average molecular weight is 502 g/mol. The molecular formula is C26H31NO7S. The number of rotatable bonds is 6. The number of carboxylic acids is 1. The van der Waals surface area contributed by atoms with E-state index in [1.807, 2.05) is 6.92 Å². The third-order valence-corrected chi connectivity index (χ3v) is 9.81. The van der Waals surface area contributed by atoms with E-state index in [2.05, 4.69) is 11.9 Å². The number of aromatic hydroxyl groups is 2. The second kappa shape index (κ2) is 9.00. The molecule has 4 fully saturated rings. The number of allylic oxidation sites excluding steroid dienone is 1. The van der Waals surface area contributed by atoms with Crippen molar-refractivity contribution in [3.63, 3.8) is 0 Å². The largest absolute Gasteiger partial charge is 0.506 e. The number of benzene rings is 1. The van der Waals surface area contributed by atoms with Gasteiger partial charge in [0, 0.05) is 30.4 Å². The number of phenols is 2. The van der Waals surface area contributed by atoms with Gasteiger partial charge in [0.05, 0.1) is 0 Å². The summed E-state index contributed by atoms with van der Waals surface area (Å²) >= 11 is 1.27. The van der Waals surface area contributed by atoms with E-state index in [9.17, 15) is 34.5 Å². The minimum absolute atomic E-state index is 0.000390. The Kier molecular flexibility index (Phi) is 6.51. The van der Waals surface area contributed by atoms with Crippen molar-refractivity contribution >= 4 is 40.2 Å². The van der Waals surface area contributed by atoms with Crippen molar-refractivity contribution in [3.8, 4) is 11.5 Å². The molecule has 35 heavy (non-hydrogen) atoms. The quantitative estimate of drug-likeness (QED) is 0.330. The van der Waals surface area contributed by atoms with Gasteiger partial charge >= 0.3 is 5.97 Å². The molecule has 4 N–H and O–H groups in total. The number of hydrogen-bond donors (Lipinski definition) is 4. The lowest BCUT2D eigenvalue weighted by atomic mass is 9.42. The molecule has 0 radical (unpaired) electrons. The van der Waals surface area contributed by atoms with Gasteiger partial charge in [-0.25, -0.2) is 4.79 Å². The number of amides is 1. The molecule has 188 valence electrons. The summed E-state index contributed by atoms with van der Waals surface area (Å²) in [5.74, 6) is -2.68. The van der Waals surface area contributed by atoms with E-state index in [1.165, 1.54) is 24.3 Å². The van der Waals surface area contributed by atoms with Crippen LogP contribution >= 0.6 is 11.8 Å². The highest BCUT2D eigenvalue weighted by molar-refractivity contribution is 8.14. The van der Waals surface area contributed by atoms with Crippen LogP contribution in [0.3, 0.4) is 0 Å². The average Bonchev–Trinajstić information content (AvgIpc) is 2.78. The first kappa shape index (κ1) is 25.3. The van der Waals surface area contributed by atoms with Gasteiger partial charge in [-0.1, -0.05) is 30.8 Å². The van der Waals surface area contributed by atoms with Crippen LogP contribution in [0.4, 0.5) is 5.69 Å². The predicted octanol–water partition coefficient (Wildman–Crippen LogP) is 4.50. The first-order valence-corrected chi connectivity index (χ1v) is 12.7. The fourth-order valence-electron chi connectivity index (χ4n) is 6.72. The zero-order valence-corrected chi connectivity index (χ0v) is 20.7. The van der Waals surface area contributed by atoms with E-state index in [4.69, 9.17) is 0 Å². The molecule has 0 aromatic heterocycles. The number of hydrogen-bond acceptors (Lipinski definition) is 7. The molecule has 0 unspecified atom stereocenters. The van der Waals surface area contributed by atoms with Crippen LogP contribution in [0.2, 0.25) is 0 Å². The molecule has 1 aromatic rings. The maximum absolute atomic E-state index is 13.5. The highest BCUT2D eigenvalue weighted by Gasteiger charge is 2.64. The van der Waals surface area contributed by atoms with Gasteiger partial charge < -0.3 is 20.6 Å². The van der Waals surface area contributed by atoms with E-state index in [0.29, 0.717) is 5.92 Å². The van der Waals surface area contributed by atoms with E-state index in [-0.39, 0.29) is 52.4 Å². The Hall–Kier alpha value is -2.81. The number of carbonyl (C=O) groups is 4. The van der Waals surface area contributed by atoms with Gasteiger partial charge in [-0.3, -0.25) is 14.4 Å². The Morgan fingerprint density at radius 2 is 1.97 bits per heavy atom. The van der Waals surface area contributed by atoms with Crippen molar-refractivity contribution in [3.05, 3.63) is 29.8 Å². The zero-order valence-electron chi connectivity index (χ0n) is 19.9. The van der Waals surface area contributed by atoms with Crippen molar-refractivity contribution in [2.45, 2.75) is 64.0 Å². The van der Waals surface area contributed by atoms with Crippen molar-refractivity contribution in [1.29, 1.82) is 0 Å². The van der Waals surface area contributed by atoms with Crippen molar-refractivity contribution in [2.24, 2.45) is 22.7 Å². The molecule has 4 aliphatic carbocycles. The number of phenolic OH excluding ortho intramolecular Hbond substituents is 1. The highest BCUT2D eigenvalue weighted by atomic mass is 32.2. The van der Waals surface area contributed by atoms with Gasteiger partial charge in [-0.2, -0.15) is 0 Å². The predicted molar refractivity (Wildman–Crippen MR) is 131 cm³/mol. The number of fused-ring (bicyclic) bond motifs is 2. The SMILES string of the molecule is C=C1C[C@@]23CC[C@@H]1C[C@@H]2[C@](C)(CCC(=O)Nc1c(O)ccc(C(=O)O)c1O)C(=O)C[C@@H]3SC(C)=O. The summed E-state index contributed by atoms with van der Waals surface area (Å²) in [7, 11) is 0. The molecule has 5 atom stereocenters. The van der Waals surface area contributed by atoms with Crippen LogP contribution in [0.1, 0.15) is 69.2 Å². The second-order valence-corrected chi connectivity index (χ2v) is 11.8. The molecule has 1 aromatic carbocycles. The van der Waals surface area contributed by atoms with E-state index in [1.54, 1.807) is 0 Å². The lowest BCUT2D eigenvalue weighted by Crippen LogP contribution is -2.61. The van der Waals surface area contributed by atoms with Gasteiger partial charge in [0.25, 0.3) is 0 Å². The van der Waals surface area contributed by atoms with Gasteiger partial charge in [0.2, 0.25) is 5.91 Å². The summed E-state index contributed by atoms with van der Waals surface area (Å²) in [6, 6.07) is 2.14. The molecule has 2 bridgehead atoms. The minimum atomic E-state index is -1.39. The molecule has 8 nitrogen and oxygen atoms in total. The molecule has 5 rings (SSSR count). The third-order valence-electron chi connectivity index (χ3n) is 8.55. The van der Waals surface area contributed by atoms with Gasteiger partial charge in [-0.15, -0.1) is 0 Å². The summed E-state index contributed by atoms with van der Waals surface area (Å²) in [5, 5.41) is 31.8. The number of Topliss-reactive ketones (excluding diaryl/α,β-unsaturated/α-hetero) is 1. The first-order valence-electron chi connectivity index (χ1n) is 11.9. The molecule has 1 amide bonds. The monoisotopic (exact) mass is 501 g/mol. The minimum Gasteiger partial charge on any atom is -0.506 e. The summed E-state index contributed by atoms with van der Waals surface area (Å²) in [6.07, 6.45) is 4.08. The Balaban J connectivity index is 1.56. The molecule has 0 heterocycles. The van der Waals surface area contributed by atoms with Crippen molar-refractivity contribution in [1.82, 2.24) is 0 Å². The third kappa shape index (κ3) is 4.24. The second-order valence-electron chi connectivity index (χ2n) is 10.4. The number of carbonyl (C=O) groups excluding carboxylic acids is 3. The van der Waals surface area contributed by atoms with Crippen LogP contribution in [0.25, 0.3) is 0 Å². The topological polar surface area (TPSA) is 141 Å². The smallest absolute Gasteiger partial charge is 0.339 e. The molecule has 9 heteroatoms. The number of thioether (sulfide) groups is 1. The molecule has 1 spiro atoms. The van der Waals surface area contributed by atoms with Crippen LogP contribution < -0.4 is 5.32 Å². The van der Waals surface area contributed by atoms with E-state index >= 15 is 0 Å². The maximum atomic E-state index is 13.5. The fourth-order valence-corrected chi connectivity index (χ4v) is 7.96. The van der Waals surface area contributed by atoms with Crippen LogP contribution in [-0.4, -0.2) is 43.3 Å². The first-order chi connectivity index (χ1) is 16.4. The Morgan fingerprint density at radius 3 is 2.60 bits per heavy atom. The van der Waals surface area contributed by atoms with E-state index in [0.717, 1.165) is 37.8 Å². The Bertz CT molecular complexity index is 1130. The van der Waals surface area contributed by atoms with Crippen LogP contribution in [0, 0.1) is 22.7 Å². The maximum Gasteiger partial charge on any atom is 0.339 e. The number of carboxylic acid groups (broad SMARTS) is 1. The Morgan fingerprint density at radius 1 is 1.26 bits per heavy atom. The number of aromatic carboxylic acids is 1. The molecule has 0 saturated heterocycles. The number of anilines is 1. The van der Waals surface area contributed by atoms with Crippen LogP contribution in [0.15, 0.2) is 24.3 Å². The standard InChI is InChI=1S/C26H31NO7S/c1-13-12-26-9-6-15(13)10-18(26)25(3,19(30)11-20(26)35-14(2)28)8-7-21(31)27-22-17(29)5-4-16(23(22)32)24(33)34/h4-5,15,18,20,29,32H,1,6-12H2,2-3H3,(H,27,31)(H,33,34)/t15-,18-,20+,25+,26+/m1/s1. The van der Waals surface area contributed by atoms with E-state index < -0.39 is 34.4 Å². The Labute approximate surface area is 208 Å². The van der Waals surface area contributed by atoms with Crippen molar-refractivity contribution < 1.29 is 34.5 Å². The normalized spacial score (nSPS) is 31.7. The fraction of sp³-hybridized carbons (Fsp3) is 0.538. The highest BCUT2D eigenvalue weighted by Crippen LogP contribution is 2.68. The summed E-state index contributed by atoms with van der Waals surface area (Å²) in [6.45, 7) is 7.75. The molecule has 0 aliphatic heterocycles. The van der Waals surface area contributed by atoms with Crippen LogP contribution in [-0.2, 0) is 14.4 Å². The van der Waals surface area contributed by atoms with Gasteiger partial charge in [0.15, 0.2) is 10.9 Å². The van der Waals surface area contributed by atoms with Crippen LogP contribution in [0.5, 0.6) is 11.5 Å². The summed E-state index contributed by atoms with van der Waals surface area (Å²) in [5.41, 5.74) is -0.565. The number of nitrogens with one attached hydrogen (secondary N) is 1. The summed E-state index contributed by atoms with van der Waals surface area (Å²) < 4.78 is 0. The van der Waals surface area contributed by atoms with Crippen molar-refractivity contribution in [2.75, 3.05) is 5.32 Å².